The van der Waals surface area contributed by atoms with Gasteiger partial charge < -0.3 is 5.32 Å². The summed E-state index contributed by atoms with van der Waals surface area (Å²) < 4.78 is 1.93. The van der Waals surface area contributed by atoms with Crippen molar-refractivity contribution in [3.05, 3.63) is 78.2 Å². The largest absolute Gasteiger partial charge is 0.348 e. The molecular weight excluding hydrogens is 324 g/mol. The number of benzene rings is 2. The highest BCUT2D eigenvalue weighted by molar-refractivity contribution is 5.76. The predicted octanol–water partition coefficient (Wildman–Crippen LogP) is 3.86. The van der Waals surface area contributed by atoms with Crippen molar-refractivity contribution < 1.29 is 0 Å². The van der Waals surface area contributed by atoms with Gasteiger partial charge in [-0.25, -0.2) is 9.97 Å². The number of anilines is 1. The van der Waals surface area contributed by atoms with Gasteiger partial charge >= 0.3 is 0 Å². The number of aromatic nitrogens is 4. The smallest absolute Gasteiger partial charge is 0.225 e. The molecule has 1 atom stereocenters. The molecule has 2 heterocycles. The average Bonchev–Trinajstić information content (AvgIpc) is 3.12. The van der Waals surface area contributed by atoms with Crippen molar-refractivity contribution in [1.29, 1.82) is 5.26 Å². The van der Waals surface area contributed by atoms with Gasteiger partial charge in [0.2, 0.25) is 5.95 Å². The van der Waals surface area contributed by atoms with Crippen molar-refractivity contribution in [3.63, 3.8) is 0 Å². The van der Waals surface area contributed by atoms with Crippen molar-refractivity contribution in [2.45, 2.75) is 13.0 Å². The summed E-state index contributed by atoms with van der Waals surface area (Å²) in [7, 11) is 0. The summed E-state index contributed by atoms with van der Waals surface area (Å²) in [6, 6.07) is 19.4. The molecule has 26 heavy (non-hydrogen) atoms. The molecule has 1 N–H and O–H groups in total. The van der Waals surface area contributed by atoms with E-state index in [-0.39, 0.29) is 6.04 Å². The van der Waals surface area contributed by atoms with E-state index >= 15 is 0 Å². The van der Waals surface area contributed by atoms with E-state index in [0.29, 0.717) is 11.5 Å². The van der Waals surface area contributed by atoms with Crippen molar-refractivity contribution >= 4 is 17.0 Å². The minimum absolute atomic E-state index is 0.0296. The highest BCUT2D eigenvalue weighted by atomic mass is 15.2. The van der Waals surface area contributed by atoms with E-state index in [2.05, 4.69) is 26.3 Å². The van der Waals surface area contributed by atoms with Crippen LogP contribution in [0.1, 0.15) is 24.1 Å². The van der Waals surface area contributed by atoms with E-state index in [1.807, 2.05) is 60.0 Å². The first-order valence-electron chi connectivity index (χ1n) is 8.27. The molecule has 0 aliphatic carbocycles. The second-order valence-electron chi connectivity index (χ2n) is 5.95. The van der Waals surface area contributed by atoms with Crippen molar-refractivity contribution in [2.24, 2.45) is 0 Å². The highest BCUT2D eigenvalue weighted by Gasteiger charge is 2.10. The van der Waals surface area contributed by atoms with Crippen LogP contribution < -0.4 is 5.32 Å². The molecule has 0 aliphatic rings. The van der Waals surface area contributed by atoms with Crippen LogP contribution in [0.3, 0.4) is 0 Å². The molecule has 2 aromatic heterocycles. The Morgan fingerprint density at radius 1 is 1.08 bits per heavy atom. The zero-order chi connectivity index (χ0) is 17.9. The van der Waals surface area contributed by atoms with Gasteiger partial charge in [0.15, 0.2) is 0 Å². The third-order valence-corrected chi connectivity index (χ3v) is 4.20. The lowest BCUT2D eigenvalue weighted by Crippen LogP contribution is -2.10. The lowest BCUT2D eigenvalue weighted by atomic mass is 10.1. The van der Waals surface area contributed by atoms with Crippen molar-refractivity contribution in [2.75, 3.05) is 5.32 Å². The van der Waals surface area contributed by atoms with Gasteiger partial charge in [0, 0.05) is 6.20 Å². The Bertz CT molecular complexity index is 1110. The summed E-state index contributed by atoms with van der Waals surface area (Å²) >= 11 is 0. The minimum Gasteiger partial charge on any atom is -0.348 e. The number of hydrogen-bond acceptors (Lipinski definition) is 5. The van der Waals surface area contributed by atoms with Gasteiger partial charge in [0.1, 0.15) is 12.1 Å². The molecule has 0 saturated carbocycles. The molecule has 6 heteroatoms. The fourth-order valence-corrected chi connectivity index (χ4v) is 2.85. The third-order valence-electron chi connectivity index (χ3n) is 4.20. The lowest BCUT2D eigenvalue weighted by molar-refractivity contribution is 0.853. The van der Waals surface area contributed by atoms with Crippen LogP contribution in [-0.2, 0) is 0 Å². The van der Waals surface area contributed by atoms with E-state index in [0.717, 1.165) is 22.4 Å². The summed E-state index contributed by atoms with van der Waals surface area (Å²) in [5, 5.41) is 12.4. The average molecular weight is 340 g/mol. The molecule has 126 valence electrons. The lowest BCUT2D eigenvalue weighted by Gasteiger charge is -2.15. The Morgan fingerprint density at radius 3 is 2.85 bits per heavy atom. The quantitative estimate of drug-likeness (QED) is 0.610. The first kappa shape index (κ1) is 15.8. The molecule has 0 saturated heterocycles. The molecule has 4 aromatic rings. The first-order chi connectivity index (χ1) is 12.7. The number of fused-ring (bicyclic) bond motifs is 1. The highest BCUT2D eigenvalue weighted by Crippen LogP contribution is 2.20. The van der Waals surface area contributed by atoms with Crippen molar-refractivity contribution in [3.8, 4) is 11.9 Å². The van der Waals surface area contributed by atoms with Crippen LogP contribution in [0.5, 0.6) is 0 Å². The molecule has 6 nitrogen and oxygen atoms in total. The summed E-state index contributed by atoms with van der Waals surface area (Å²) in [6.45, 7) is 2.01. The van der Waals surface area contributed by atoms with E-state index in [1.165, 1.54) is 0 Å². The molecular formula is C20H16N6. The minimum atomic E-state index is -0.0296. The Hall–Kier alpha value is -3.72. The molecule has 1 unspecified atom stereocenters. The summed E-state index contributed by atoms with van der Waals surface area (Å²) in [5.74, 6) is 1.27. The fourth-order valence-electron chi connectivity index (χ4n) is 2.85. The Morgan fingerprint density at radius 2 is 1.96 bits per heavy atom. The number of nitrogens with zero attached hydrogens (tertiary/aromatic N) is 5. The number of hydrogen-bond donors (Lipinski definition) is 1. The van der Waals surface area contributed by atoms with Gasteiger partial charge in [-0.2, -0.15) is 10.2 Å². The standard InChI is InChI=1S/C20H16N6/c1-14(16-6-4-5-15(11-16)12-21)24-20-22-10-9-19(25-20)26-13-23-17-7-2-3-8-18(17)26/h2-11,13-14H,1H3,(H,22,24,25). The van der Waals surface area contributed by atoms with Gasteiger partial charge in [0.25, 0.3) is 0 Å². The maximum Gasteiger partial charge on any atom is 0.225 e. The van der Waals surface area contributed by atoms with E-state index in [4.69, 9.17) is 5.26 Å². The molecule has 0 amide bonds. The number of nitriles is 1. The second-order valence-corrected chi connectivity index (χ2v) is 5.95. The Labute approximate surface area is 150 Å². The van der Waals surface area contributed by atoms with Gasteiger partial charge in [-0.15, -0.1) is 0 Å². The zero-order valence-electron chi connectivity index (χ0n) is 14.2. The fraction of sp³-hybridized carbons (Fsp3) is 0.100. The second kappa shape index (κ2) is 6.65. The van der Waals surface area contributed by atoms with Gasteiger partial charge in [-0.3, -0.25) is 4.57 Å². The van der Waals surface area contributed by atoms with Gasteiger partial charge in [-0.05, 0) is 42.8 Å². The van der Waals surface area contributed by atoms with E-state index < -0.39 is 0 Å². The van der Waals surface area contributed by atoms with E-state index in [9.17, 15) is 0 Å². The molecule has 0 bridgehead atoms. The van der Waals surface area contributed by atoms with E-state index in [1.54, 1.807) is 18.6 Å². The van der Waals surface area contributed by atoms with Crippen LogP contribution in [0.2, 0.25) is 0 Å². The number of imidazole rings is 1. The first-order valence-corrected chi connectivity index (χ1v) is 8.27. The molecule has 0 spiro atoms. The van der Waals surface area contributed by atoms with Gasteiger partial charge in [0.05, 0.1) is 28.7 Å². The molecule has 4 rings (SSSR count). The normalized spacial score (nSPS) is 11.8. The predicted molar refractivity (Wildman–Crippen MR) is 99.9 cm³/mol. The van der Waals surface area contributed by atoms with Crippen LogP contribution in [0, 0.1) is 11.3 Å². The number of para-hydroxylation sites is 2. The monoisotopic (exact) mass is 340 g/mol. The zero-order valence-corrected chi connectivity index (χ0v) is 14.2. The molecule has 0 radical (unpaired) electrons. The van der Waals surface area contributed by atoms with Crippen LogP contribution in [0.25, 0.3) is 16.9 Å². The molecule has 0 aliphatic heterocycles. The maximum absolute atomic E-state index is 9.06. The van der Waals surface area contributed by atoms with Gasteiger partial charge in [-0.1, -0.05) is 24.3 Å². The molecule has 2 aromatic carbocycles. The maximum atomic E-state index is 9.06. The number of nitrogens with one attached hydrogen (secondary N) is 1. The van der Waals surface area contributed by atoms with Crippen LogP contribution >= 0.6 is 0 Å². The SMILES string of the molecule is CC(Nc1nccc(-n2cnc3ccccc32)n1)c1cccc(C#N)c1. The summed E-state index contributed by atoms with van der Waals surface area (Å²) in [4.78, 5) is 13.3. The van der Waals surface area contributed by atoms with Crippen LogP contribution in [0.4, 0.5) is 5.95 Å². The third kappa shape index (κ3) is 2.98. The van der Waals surface area contributed by atoms with Crippen molar-refractivity contribution in [1.82, 2.24) is 19.5 Å². The Kier molecular flexibility index (Phi) is 4.04. The summed E-state index contributed by atoms with van der Waals surface area (Å²) in [5.41, 5.74) is 3.55. The topological polar surface area (TPSA) is 79.4 Å². The van der Waals surface area contributed by atoms with Crippen LogP contribution in [-0.4, -0.2) is 19.5 Å². The van der Waals surface area contributed by atoms with Crippen LogP contribution in [0.15, 0.2) is 67.1 Å². The molecule has 0 fully saturated rings. The summed E-state index contributed by atoms with van der Waals surface area (Å²) in [6.07, 6.45) is 3.48. The Balaban J connectivity index is 1.63. The number of rotatable bonds is 4.